The lowest BCUT2D eigenvalue weighted by Gasteiger charge is -2.03. The summed E-state index contributed by atoms with van der Waals surface area (Å²) >= 11 is 0. The van der Waals surface area contributed by atoms with Gasteiger partial charge >= 0.3 is 5.97 Å². The summed E-state index contributed by atoms with van der Waals surface area (Å²) in [4.78, 5) is 21.1. The molecule has 1 atom stereocenters. The summed E-state index contributed by atoms with van der Waals surface area (Å²) in [7, 11) is 0. The highest BCUT2D eigenvalue weighted by atomic mass is 16.4. The molecule has 4 N–H and O–H groups in total. The van der Waals surface area contributed by atoms with Crippen LogP contribution in [0.3, 0.4) is 0 Å². The van der Waals surface area contributed by atoms with Crippen LogP contribution >= 0.6 is 0 Å². The number of nitrogens with zero attached hydrogens (tertiary/aromatic N) is 3. The summed E-state index contributed by atoms with van der Waals surface area (Å²) in [5.74, 6) is 0.224. The molecular weight excluding hydrogens is 282 g/mol. The first-order chi connectivity index (χ1) is 10.6. The molecule has 0 unspecified atom stereocenters. The van der Waals surface area contributed by atoms with Crippen LogP contribution in [0.25, 0.3) is 0 Å². The van der Waals surface area contributed by atoms with Crippen molar-refractivity contribution in [2.45, 2.75) is 52.1 Å². The van der Waals surface area contributed by atoms with E-state index < -0.39 is 12.0 Å². The number of aliphatic carboxylic acids is 1. The molecule has 7 heteroatoms. The summed E-state index contributed by atoms with van der Waals surface area (Å²) in [6.45, 7) is 5.48. The van der Waals surface area contributed by atoms with Gasteiger partial charge in [-0.05, 0) is 12.8 Å². The molecule has 0 bridgehead atoms. The number of aromatic nitrogens is 4. The van der Waals surface area contributed by atoms with E-state index in [0.717, 1.165) is 13.0 Å². The molecule has 0 amide bonds. The first kappa shape index (κ1) is 17.9. The minimum atomic E-state index is -1.01. The van der Waals surface area contributed by atoms with Crippen molar-refractivity contribution in [3.63, 3.8) is 0 Å². The van der Waals surface area contributed by atoms with E-state index in [4.69, 9.17) is 10.8 Å². The molecule has 2 aromatic heterocycles. The number of carboxylic acid groups (broad SMARTS) is 1. The van der Waals surface area contributed by atoms with Gasteiger partial charge in [0.25, 0.3) is 0 Å². The third kappa shape index (κ3) is 6.09. The standard InChI is InChI=1S/C9H16N2.C6H9N3O2/c1-3-5-9-10-6-8-11(9)7-4-2;7-5(6(10)11)1-4-2-8-3-9-4/h6,8H,3-5,7H2,1-2H3;2-3,5H,1,7H2,(H,8,9)(H,10,11)/t;5-/m.0/s1. The Labute approximate surface area is 130 Å². The Morgan fingerprint density at radius 1 is 1.41 bits per heavy atom. The maximum absolute atomic E-state index is 10.3. The van der Waals surface area contributed by atoms with Crippen LogP contribution < -0.4 is 5.73 Å². The number of carbonyl (C=O) groups is 1. The van der Waals surface area contributed by atoms with E-state index in [1.807, 2.05) is 6.20 Å². The first-order valence-corrected chi connectivity index (χ1v) is 7.54. The number of nitrogens with two attached hydrogens (primary N) is 1. The highest BCUT2D eigenvalue weighted by Crippen LogP contribution is 2.01. The molecule has 0 fully saturated rings. The number of aryl methyl sites for hydroxylation is 2. The third-order valence-electron chi connectivity index (χ3n) is 3.04. The first-order valence-electron chi connectivity index (χ1n) is 7.54. The van der Waals surface area contributed by atoms with Gasteiger partial charge in [-0.1, -0.05) is 13.8 Å². The molecule has 0 radical (unpaired) electrons. The van der Waals surface area contributed by atoms with Gasteiger partial charge in [0.15, 0.2) is 0 Å². The van der Waals surface area contributed by atoms with Crippen molar-refractivity contribution in [3.05, 3.63) is 36.4 Å². The lowest BCUT2D eigenvalue weighted by Crippen LogP contribution is -2.32. The van der Waals surface area contributed by atoms with E-state index in [-0.39, 0.29) is 6.42 Å². The Hall–Kier alpha value is -2.15. The van der Waals surface area contributed by atoms with Crippen molar-refractivity contribution in [3.8, 4) is 0 Å². The second kappa shape index (κ2) is 9.73. The summed E-state index contributed by atoms with van der Waals surface area (Å²) in [6.07, 6.45) is 10.8. The van der Waals surface area contributed by atoms with Gasteiger partial charge in [-0.3, -0.25) is 4.79 Å². The van der Waals surface area contributed by atoms with E-state index in [2.05, 4.69) is 39.6 Å². The van der Waals surface area contributed by atoms with E-state index in [1.54, 1.807) is 6.20 Å². The minimum absolute atomic E-state index is 0.263. The maximum atomic E-state index is 10.3. The SMILES string of the molecule is CCCc1nccn1CCC.N[C@@H](Cc1c[nH]cn1)C(=O)O. The Kier molecular flexibility index (Phi) is 7.91. The van der Waals surface area contributed by atoms with Crippen LogP contribution in [0.2, 0.25) is 0 Å². The molecule has 0 aliphatic carbocycles. The van der Waals surface area contributed by atoms with Gasteiger partial charge in [-0.15, -0.1) is 0 Å². The highest BCUT2D eigenvalue weighted by Gasteiger charge is 2.12. The van der Waals surface area contributed by atoms with Crippen LogP contribution in [0.4, 0.5) is 0 Å². The smallest absolute Gasteiger partial charge is 0.320 e. The van der Waals surface area contributed by atoms with Crippen molar-refractivity contribution in [1.29, 1.82) is 0 Å². The minimum Gasteiger partial charge on any atom is -0.480 e. The monoisotopic (exact) mass is 307 g/mol. The quantitative estimate of drug-likeness (QED) is 0.720. The van der Waals surface area contributed by atoms with Crippen LogP contribution in [0.5, 0.6) is 0 Å². The summed E-state index contributed by atoms with van der Waals surface area (Å²) in [5.41, 5.74) is 5.92. The lowest BCUT2D eigenvalue weighted by atomic mass is 10.2. The lowest BCUT2D eigenvalue weighted by molar-refractivity contribution is -0.138. The molecule has 2 rings (SSSR count). The van der Waals surface area contributed by atoms with Gasteiger partial charge in [0.1, 0.15) is 11.9 Å². The number of nitrogens with one attached hydrogen (secondary N) is 1. The van der Waals surface area contributed by atoms with Crippen molar-refractivity contribution < 1.29 is 9.90 Å². The Bertz CT molecular complexity index is 515. The number of hydrogen-bond donors (Lipinski definition) is 3. The van der Waals surface area contributed by atoms with E-state index in [0.29, 0.717) is 5.69 Å². The van der Waals surface area contributed by atoms with Gasteiger partial charge in [0.2, 0.25) is 0 Å². The van der Waals surface area contributed by atoms with Crippen molar-refractivity contribution >= 4 is 5.97 Å². The van der Waals surface area contributed by atoms with Crippen LogP contribution in [-0.4, -0.2) is 36.6 Å². The fourth-order valence-corrected chi connectivity index (χ4v) is 1.95. The number of aromatic amines is 1. The number of H-pyrrole nitrogens is 1. The Morgan fingerprint density at radius 2 is 2.18 bits per heavy atom. The van der Waals surface area contributed by atoms with Crippen LogP contribution in [-0.2, 0) is 24.2 Å². The second-order valence-corrected chi connectivity index (χ2v) is 5.00. The highest BCUT2D eigenvalue weighted by molar-refractivity contribution is 5.73. The number of rotatable bonds is 7. The molecule has 0 aromatic carbocycles. The average Bonchev–Trinajstić information content (AvgIpc) is 3.13. The maximum Gasteiger partial charge on any atom is 0.320 e. The summed E-state index contributed by atoms with van der Waals surface area (Å²) in [5, 5.41) is 8.42. The number of hydrogen-bond acceptors (Lipinski definition) is 4. The normalized spacial score (nSPS) is 11.6. The van der Waals surface area contributed by atoms with Crippen LogP contribution in [0, 0.1) is 0 Å². The van der Waals surface area contributed by atoms with E-state index in [1.165, 1.54) is 25.0 Å². The van der Waals surface area contributed by atoms with Gasteiger partial charge in [0, 0.05) is 38.0 Å². The number of carboxylic acids is 1. The second-order valence-electron chi connectivity index (χ2n) is 5.00. The summed E-state index contributed by atoms with van der Waals surface area (Å²) in [6, 6.07) is -0.863. The average molecular weight is 307 g/mol. The Balaban J connectivity index is 0.000000220. The molecule has 2 heterocycles. The van der Waals surface area contributed by atoms with Gasteiger partial charge in [-0.2, -0.15) is 0 Å². The molecule has 0 spiro atoms. The van der Waals surface area contributed by atoms with Gasteiger partial charge < -0.3 is 20.4 Å². The number of imidazole rings is 2. The molecule has 2 aromatic rings. The predicted octanol–water partition coefficient (Wildman–Crippen LogP) is 1.61. The van der Waals surface area contributed by atoms with Gasteiger partial charge in [-0.25, -0.2) is 9.97 Å². The largest absolute Gasteiger partial charge is 0.480 e. The van der Waals surface area contributed by atoms with Crippen molar-refractivity contribution in [2.24, 2.45) is 5.73 Å². The topological polar surface area (TPSA) is 110 Å². The van der Waals surface area contributed by atoms with E-state index in [9.17, 15) is 4.79 Å². The molecule has 0 saturated carbocycles. The summed E-state index contributed by atoms with van der Waals surface area (Å²) < 4.78 is 2.24. The molecule has 0 saturated heterocycles. The van der Waals surface area contributed by atoms with Crippen LogP contribution in [0.15, 0.2) is 24.9 Å². The molecule has 7 nitrogen and oxygen atoms in total. The molecule has 122 valence electrons. The zero-order valence-corrected chi connectivity index (χ0v) is 13.2. The van der Waals surface area contributed by atoms with Gasteiger partial charge in [0.05, 0.1) is 12.0 Å². The van der Waals surface area contributed by atoms with E-state index >= 15 is 0 Å². The Morgan fingerprint density at radius 3 is 2.73 bits per heavy atom. The molecule has 0 aliphatic heterocycles. The molecular formula is C15H25N5O2. The fourth-order valence-electron chi connectivity index (χ4n) is 1.95. The van der Waals surface area contributed by atoms with Crippen molar-refractivity contribution in [1.82, 2.24) is 19.5 Å². The molecule has 22 heavy (non-hydrogen) atoms. The van der Waals surface area contributed by atoms with Crippen molar-refractivity contribution in [2.75, 3.05) is 0 Å². The zero-order valence-electron chi connectivity index (χ0n) is 13.2. The predicted molar refractivity (Wildman–Crippen MR) is 84.4 cm³/mol. The van der Waals surface area contributed by atoms with Crippen LogP contribution in [0.1, 0.15) is 38.2 Å². The third-order valence-corrected chi connectivity index (χ3v) is 3.04. The molecule has 0 aliphatic rings. The fraction of sp³-hybridized carbons (Fsp3) is 0.533. The zero-order chi connectivity index (χ0) is 16.4.